The molecule has 5 fully saturated rings. The molecule has 0 atom stereocenters. The minimum atomic E-state index is -0.361. The predicted molar refractivity (Wildman–Crippen MR) is 137 cm³/mol. The van der Waals surface area contributed by atoms with Crippen molar-refractivity contribution in [3.05, 3.63) is 56.8 Å². The number of nitro groups is 1. The van der Waals surface area contributed by atoms with E-state index in [-0.39, 0.29) is 21.9 Å². The van der Waals surface area contributed by atoms with Gasteiger partial charge in [-0.25, -0.2) is 5.43 Å². The first-order valence-electron chi connectivity index (χ1n) is 13.3. The van der Waals surface area contributed by atoms with Gasteiger partial charge in [-0.3, -0.25) is 14.9 Å². The van der Waals surface area contributed by atoms with Crippen molar-refractivity contribution in [3.63, 3.8) is 0 Å². The van der Waals surface area contributed by atoms with Crippen LogP contribution in [-0.2, 0) is 9.53 Å². The van der Waals surface area contributed by atoms with Crippen LogP contribution < -0.4 is 5.43 Å². The molecule has 5 aliphatic carbocycles. The summed E-state index contributed by atoms with van der Waals surface area (Å²) < 4.78 is 5.57. The number of carbonyl (C=O) groups excluding carboxylic acids is 1. The zero-order valence-corrected chi connectivity index (χ0v) is 20.7. The maximum Gasteiger partial charge on any atom is 0.270 e. The predicted octanol–water partition coefficient (Wildman–Crippen LogP) is 4.68. The number of hydrazone groups is 1. The molecule has 0 aromatic heterocycles. The number of non-ortho nitro benzene ring substituents is 1. The average molecular weight is 491 g/mol. The third-order valence-corrected chi connectivity index (χ3v) is 8.93. The summed E-state index contributed by atoms with van der Waals surface area (Å²) in [7, 11) is 0. The molecule has 190 valence electrons. The molecular weight excluding hydrogens is 456 g/mol. The van der Waals surface area contributed by atoms with Crippen LogP contribution in [0.25, 0.3) is 6.08 Å². The van der Waals surface area contributed by atoms with Gasteiger partial charge in [0.05, 0.1) is 29.8 Å². The highest BCUT2D eigenvalue weighted by Crippen LogP contribution is 2.60. The lowest BCUT2D eigenvalue weighted by Crippen LogP contribution is -2.52. The summed E-state index contributed by atoms with van der Waals surface area (Å²) in [4.78, 5) is 26.5. The maximum absolute atomic E-state index is 13.3. The fourth-order valence-electron chi connectivity index (χ4n) is 7.78. The van der Waals surface area contributed by atoms with Crippen LogP contribution in [0, 0.1) is 33.3 Å². The maximum atomic E-state index is 13.3. The molecule has 4 bridgehead atoms. The molecule has 1 N–H and O–H groups in total. The van der Waals surface area contributed by atoms with Gasteiger partial charge in [0, 0.05) is 30.9 Å². The molecule has 1 amide bonds. The van der Waals surface area contributed by atoms with Crippen LogP contribution >= 0.6 is 0 Å². The summed E-state index contributed by atoms with van der Waals surface area (Å²) in [5, 5.41) is 15.7. The van der Waals surface area contributed by atoms with E-state index in [0.29, 0.717) is 13.2 Å². The third kappa shape index (κ3) is 4.47. The van der Waals surface area contributed by atoms with E-state index in [1.165, 1.54) is 25.3 Å². The minimum absolute atomic E-state index is 0.0911. The number of allylic oxidation sites excluding steroid dienone is 2. The topological polar surface area (TPSA) is 97.1 Å². The van der Waals surface area contributed by atoms with Crippen molar-refractivity contribution in [3.8, 4) is 0 Å². The first-order valence-corrected chi connectivity index (χ1v) is 13.3. The van der Waals surface area contributed by atoms with Crippen molar-refractivity contribution in [2.24, 2.45) is 28.3 Å². The van der Waals surface area contributed by atoms with Crippen LogP contribution in [0.15, 0.2) is 46.2 Å². The molecule has 0 unspecified atom stereocenters. The van der Waals surface area contributed by atoms with Crippen molar-refractivity contribution >= 4 is 23.9 Å². The van der Waals surface area contributed by atoms with Gasteiger partial charge in [-0.05, 0) is 91.9 Å². The van der Waals surface area contributed by atoms with E-state index in [1.807, 2.05) is 18.4 Å². The van der Waals surface area contributed by atoms with E-state index >= 15 is 0 Å². The molecule has 8 heteroatoms. The Morgan fingerprint density at radius 3 is 2.47 bits per heavy atom. The molecule has 4 saturated carbocycles. The number of rotatable bonds is 6. The molecule has 1 aliphatic heterocycles. The number of ether oxygens (including phenoxy) is 1. The number of hydrogen-bond acceptors (Lipinski definition) is 6. The van der Waals surface area contributed by atoms with Crippen molar-refractivity contribution < 1.29 is 14.5 Å². The van der Waals surface area contributed by atoms with E-state index in [4.69, 9.17) is 4.74 Å². The van der Waals surface area contributed by atoms with Crippen molar-refractivity contribution in [2.45, 2.75) is 51.4 Å². The zero-order valence-electron chi connectivity index (χ0n) is 20.7. The van der Waals surface area contributed by atoms with Gasteiger partial charge < -0.3 is 9.64 Å². The lowest BCUT2D eigenvalue weighted by molar-refractivity contribution is -0.384. The fraction of sp³-hybridized carbons (Fsp3) is 0.571. The van der Waals surface area contributed by atoms with Gasteiger partial charge in [-0.2, -0.15) is 5.10 Å². The van der Waals surface area contributed by atoms with Crippen LogP contribution in [0.1, 0.15) is 56.9 Å². The molecule has 1 heterocycles. The molecule has 0 spiro atoms. The number of hydrogen-bond donors (Lipinski definition) is 1. The summed E-state index contributed by atoms with van der Waals surface area (Å²) in [5.74, 6) is 2.27. The van der Waals surface area contributed by atoms with Gasteiger partial charge in [0.25, 0.3) is 5.69 Å². The molecular formula is C28H34N4O4. The number of morpholine rings is 1. The van der Waals surface area contributed by atoms with Crippen LogP contribution in [0.3, 0.4) is 0 Å². The SMILES string of the molecule is O=C(N/N=C/C1=C(N2CCOCC2)C(=C\c2cccc([N+](=O)[O-])c2)/CC1)C12CC3CC(CC(C3)C1)C2. The fourth-order valence-corrected chi connectivity index (χ4v) is 7.78. The molecule has 6 aliphatic rings. The Bertz CT molecular complexity index is 1110. The second-order valence-electron chi connectivity index (χ2n) is 11.4. The Balaban J connectivity index is 1.23. The van der Waals surface area contributed by atoms with E-state index in [1.54, 1.807) is 12.1 Å². The Hall–Kier alpha value is -3.00. The summed E-state index contributed by atoms with van der Waals surface area (Å²) in [5.41, 5.74) is 6.99. The van der Waals surface area contributed by atoms with E-state index < -0.39 is 0 Å². The highest BCUT2D eigenvalue weighted by Gasteiger charge is 2.54. The molecule has 1 saturated heterocycles. The number of nitrogens with one attached hydrogen (secondary N) is 1. The molecule has 0 radical (unpaired) electrons. The Morgan fingerprint density at radius 1 is 1.11 bits per heavy atom. The lowest BCUT2D eigenvalue weighted by Gasteiger charge is -2.55. The number of amides is 1. The monoisotopic (exact) mass is 490 g/mol. The van der Waals surface area contributed by atoms with Crippen LogP contribution in [0.4, 0.5) is 5.69 Å². The van der Waals surface area contributed by atoms with Gasteiger partial charge in [0.15, 0.2) is 0 Å². The molecule has 1 aromatic carbocycles. The summed E-state index contributed by atoms with van der Waals surface area (Å²) in [6, 6.07) is 6.75. The Morgan fingerprint density at radius 2 is 1.81 bits per heavy atom. The molecule has 1 aromatic rings. The second-order valence-corrected chi connectivity index (χ2v) is 11.4. The number of nitro benzene ring substituents is 1. The highest BCUT2D eigenvalue weighted by atomic mass is 16.6. The van der Waals surface area contributed by atoms with E-state index in [0.717, 1.165) is 85.4 Å². The summed E-state index contributed by atoms with van der Waals surface area (Å²) in [6.07, 6.45) is 12.5. The Labute approximate surface area is 211 Å². The number of nitrogens with zero attached hydrogens (tertiary/aromatic N) is 3. The van der Waals surface area contributed by atoms with Gasteiger partial charge >= 0.3 is 0 Å². The average Bonchev–Trinajstić information content (AvgIpc) is 3.26. The normalized spacial score (nSPS) is 32.6. The molecule has 8 nitrogen and oxygen atoms in total. The quantitative estimate of drug-likeness (QED) is 0.355. The van der Waals surface area contributed by atoms with Crippen molar-refractivity contribution in [1.82, 2.24) is 10.3 Å². The van der Waals surface area contributed by atoms with E-state index in [2.05, 4.69) is 15.4 Å². The summed E-state index contributed by atoms with van der Waals surface area (Å²) in [6.45, 7) is 2.92. The molecule has 7 rings (SSSR count). The lowest BCUT2D eigenvalue weighted by atomic mass is 9.49. The summed E-state index contributed by atoms with van der Waals surface area (Å²) >= 11 is 0. The largest absolute Gasteiger partial charge is 0.378 e. The van der Waals surface area contributed by atoms with E-state index in [9.17, 15) is 14.9 Å². The van der Waals surface area contributed by atoms with Gasteiger partial charge in [-0.1, -0.05) is 12.1 Å². The third-order valence-electron chi connectivity index (χ3n) is 8.93. The minimum Gasteiger partial charge on any atom is -0.378 e. The number of benzene rings is 1. The van der Waals surface area contributed by atoms with Gasteiger partial charge in [0.1, 0.15) is 0 Å². The van der Waals surface area contributed by atoms with Crippen LogP contribution in [0.2, 0.25) is 0 Å². The van der Waals surface area contributed by atoms with Gasteiger partial charge in [-0.15, -0.1) is 0 Å². The molecule has 36 heavy (non-hydrogen) atoms. The van der Waals surface area contributed by atoms with Crippen LogP contribution in [-0.4, -0.2) is 48.2 Å². The zero-order chi connectivity index (χ0) is 24.7. The second kappa shape index (κ2) is 9.47. The standard InChI is InChI=1S/C28H34N4O4/c33-27(28-15-20-10-21(16-28)12-22(11-20)17-28)30-29-18-24-5-4-23(26(24)31-6-8-36-9-7-31)13-19-2-1-3-25(14-19)32(34)35/h1-3,13-14,18,20-22H,4-12,15-17H2,(H,30,33)/b23-13-,29-18+. The van der Waals surface area contributed by atoms with Gasteiger partial charge in [0.2, 0.25) is 5.91 Å². The Kier molecular flexibility index (Phi) is 6.15. The van der Waals surface area contributed by atoms with Crippen molar-refractivity contribution in [2.75, 3.05) is 26.3 Å². The first kappa shape index (κ1) is 23.4. The first-order chi connectivity index (χ1) is 17.5. The highest BCUT2D eigenvalue weighted by molar-refractivity contribution is 5.87. The van der Waals surface area contributed by atoms with Crippen molar-refractivity contribution in [1.29, 1.82) is 0 Å². The van der Waals surface area contributed by atoms with Crippen LogP contribution in [0.5, 0.6) is 0 Å². The smallest absolute Gasteiger partial charge is 0.270 e. The number of carbonyl (C=O) groups is 1.